The van der Waals surface area contributed by atoms with Crippen molar-refractivity contribution in [1.82, 2.24) is 25.5 Å². The van der Waals surface area contributed by atoms with E-state index in [0.717, 1.165) is 17.8 Å². The molecule has 0 radical (unpaired) electrons. The topological polar surface area (TPSA) is 72.7 Å². The molecule has 2 aromatic rings. The van der Waals surface area contributed by atoms with E-state index < -0.39 is 0 Å². The van der Waals surface area contributed by atoms with Gasteiger partial charge in [-0.05, 0) is 54.7 Å². The Morgan fingerprint density at radius 2 is 2.23 bits per heavy atom. The second-order valence-electron chi connectivity index (χ2n) is 5.70. The van der Waals surface area contributed by atoms with Gasteiger partial charge in [-0.2, -0.15) is 4.68 Å². The van der Waals surface area contributed by atoms with E-state index in [0.29, 0.717) is 16.8 Å². The number of rotatable bonds is 6. The van der Waals surface area contributed by atoms with Crippen LogP contribution in [0.3, 0.4) is 0 Å². The molecule has 7 heteroatoms. The number of thioether (sulfide) groups is 1. The first-order valence-corrected chi connectivity index (χ1v) is 8.37. The van der Waals surface area contributed by atoms with Crippen LogP contribution in [0.1, 0.15) is 24.0 Å². The molecule has 1 saturated carbocycles. The van der Waals surface area contributed by atoms with E-state index in [-0.39, 0.29) is 5.91 Å². The highest BCUT2D eigenvalue weighted by molar-refractivity contribution is 7.99. The first kappa shape index (κ1) is 15.0. The molecule has 3 rings (SSSR count). The zero-order chi connectivity index (χ0) is 15.5. The number of aromatic nitrogens is 4. The average molecular weight is 317 g/mol. The Balaban J connectivity index is 1.65. The van der Waals surface area contributed by atoms with Crippen LogP contribution in [-0.2, 0) is 4.79 Å². The lowest BCUT2D eigenvalue weighted by atomic mass is 10.1. The van der Waals surface area contributed by atoms with Crippen LogP contribution in [0.25, 0.3) is 5.69 Å². The molecule has 1 aromatic heterocycles. The highest BCUT2D eigenvalue weighted by atomic mass is 32.2. The number of hydrogen-bond acceptors (Lipinski definition) is 5. The Morgan fingerprint density at radius 1 is 1.41 bits per heavy atom. The van der Waals surface area contributed by atoms with Crippen molar-refractivity contribution in [2.45, 2.75) is 31.8 Å². The lowest BCUT2D eigenvalue weighted by Crippen LogP contribution is -2.27. The van der Waals surface area contributed by atoms with Crippen molar-refractivity contribution in [2.75, 3.05) is 12.3 Å². The Labute approximate surface area is 133 Å². The van der Waals surface area contributed by atoms with Gasteiger partial charge in [0.2, 0.25) is 11.1 Å². The molecule has 0 atom stereocenters. The molecule has 0 spiro atoms. The van der Waals surface area contributed by atoms with Gasteiger partial charge in [0, 0.05) is 6.54 Å². The van der Waals surface area contributed by atoms with Gasteiger partial charge in [0.1, 0.15) is 0 Å². The third-order valence-electron chi connectivity index (χ3n) is 3.64. The van der Waals surface area contributed by atoms with E-state index >= 15 is 0 Å². The Morgan fingerprint density at radius 3 is 2.95 bits per heavy atom. The molecule has 22 heavy (non-hydrogen) atoms. The summed E-state index contributed by atoms with van der Waals surface area (Å²) in [6.45, 7) is 4.87. The Kier molecular flexibility index (Phi) is 4.42. The Hall–Kier alpha value is -1.89. The van der Waals surface area contributed by atoms with Crippen molar-refractivity contribution in [1.29, 1.82) is 0 Å². The molecule has 1 heterocycles. The molecule has 0 bridgehead atoms. The first-order valence-electron chi connectivity index (χ1n) is 7.39. The second kappa shape index (κ2) is 6.48. The molecule has 0 unspecified atom stereocenters. The SMILES string of the molecule is Cc1ccc(-n2nnnc2SCC(=O)NCC2CC2)c(C)c1. The van der Waals surface area contributed by atoms with Crippen LogP contribution in [-0.4, -0.2) is 38.4 Å². The standard InChI is InChI=1S/C15H19N5OS/c1-10-3-6-13(11(2)7-10)20-15(17-18-19-20)22-9-14(21)16-8-12-4-5-12/h3,6-7,12H,4-5,8-9H2,1-2H3,(H,16,21). The predicted molar refractivity (Wildman–Crippen MR) is 85.1 cm³/mol. The van der Waals surface area contributed by atoms with Gasteiger partial charge in [0.15, 0.2) is 0 Å². The molecule has 6 nitrogen and oxygen atoms in total. The summed E-state index contributed by atoms with van der Waals surface area (Å²) in [7, 11) is 0. The zero-order valence-corrected chi connectivity index (χ0v) is 13.6. The van der Waals surface area contributed by atoms with Crippen LogP contribution in [0, 0.1) is 19.8 Å². The highest BCUT2D eigenvalue weighted by Gasteiger charge is 2.21. The number of aryl methyl sites for hydroxylation is 2. The third kappa shape index (κ3) is 3.65. The molecule has 0 saturated heterocycles. The summed E-state index contributed by atoms with van der Waals surface area (Å²) in [5, 5.41) is 15.4. The highest BCUT2D eigenvalue weighted by Crippen LogP contribution is 2.27. The molecule has 116 valence electrons. The summed E-state index contributed by atoms with van der Waals surface area (Å²) in [5.41, 5.74) is 3.24. The third-order valence-corrected chi connectivity index (χ3v) is 4.56. The molecular weight excluding hydrogens is 298 g/mol. The van der Waals surface area contributed by atoms with E-state index in [9.17, 15) is 4.79 Å². The van der Waals surface area contributed by atoms with Gasteiger partial charge in [-0.15, -0.1) is 5.10 Å². The first-order chi connectivity index (χ1) is 10.6. The molecule has 1 N–H and O–H groups in total. The predicted octanol–water partition coefficient (Wildman–Crippen LogP) is 1.90. The van der Waals surface area contributed by atoms with E-state index in [1.807, 2.05) is 19.1 Å². The molecule has 1 aliphatic rings. The number of carbonyl (C=O) groups is 1. The molecule has 1 fully saturated rings. The largest absolute Gasteiger partial charge is 0.355 e. The maximum absolute atomic E-state index is 11.8. The van der Waals surface area contributed by atoms with Gasteiger partial charge >= 0.3 is 0 Å². The van der Waals surface area contributed by atoms with Crippen LogP contribution in [0.2, 0.25) is 0 Å². The monoisotopic (exact) mass is 317 g/mol. The van der Waals surface area contributed by atoms with Crippen LogP contribution in [0.15, 0.2) is 23.4 Å². The van der Waals surface area contributed by atoms with Gasteiger partial charge in [-0.25, -0.2) is 0 Å². The number of nitrogens with zero attached hydrogens (tertiary/aromatic N) is 4. The molecule has 1 amide bonds. The summed E-state index contributed by atoms with van der Waals surface area (Å²) >= 11 is 1.36. The fraction of sp³-hybridized carbons (Fsp3) is 0.467. The van der Waals surface area contributed by atoms with E-state index in [1.54, 1.807) is 4.68 Å². The van der Waals surface area contributed by atoms with E-state index in [2.05, 4.69) is 33.8 Å². The van der Waals surface area contributed by atoms with Crippen LogP contribution >= 0.6 is 11.8 Å². The van der Waals surface area contributed by atoms with Crippen molar-refractivity contribution in [3.8, 4) is 5.69 Å². The summed E-state index contributed by atoms with van der Waals surface area (Å²) in [6, 6.07) is 6.12. The van der Waals surface area contributed by atoms with Crippen molar-refractivity contribution >= 4 is 17.7 Å². The lowest BCUT2D eigenvalue weighted by molar-refractivity contribution is -0.118. The van der Waals surface area contributed by atoms with Gasteiger partial charge < -0.3 is 5.32 Å². The number of benzene rings is 1. The molecule has 0 aliphatic heterocycles. The Bertz CT molecular complexity index is 680. The van der Waals surface area contributed by atoms with Crippen LogP contribution < -0.4 is 5.32 Å². The molecule has 1 aromatic carbocycles. The zero-order valence-electron chi connectivity index (χ0n) is 12.7. The minimum Gasteiger partial charge on any atom is -0.355 e. The fourth-order valence-corrected chi connectivity index (χ4v) is 2.94. The number of nitrogens with one attached hydrogen (secondary N) is 1. The summed E-state index contributed by atoms with van der Waals surface area (Å²) in [6.07, 6.45) is 2.47. The van der Waals surface area contributed by atoms with Gasteiger partial charge in [0.25, 0.3) is 0 Å². The average Bonchev–Trinajstić information content (AvgIpc) is 3.21. The normalized spacial score (nSPS) is 14.1. The molecular formula is C15H19N5OS. The maximum atomic E-state index is 11.8. The number of amides is 1. The number of tetrazole rings is 1. The van der Waals surface area contributed by atoms with Crippen molar-refractivity contribution in [3.05, 3.63) is 29.3 Å². The van der Waals surface area contributed by atoms with Crippen LogP contribution in [0.4, 0.5) is 0 Å². The fourth-order valence-electron chi connectivity index (χ4n) is 2.22. The maximum Gasteiger partial charge on any atom is 0.230 e. The summed E-state index contributed by atoms with van der Waals surface area (Å²) < 4.78 is 1.69. The summed E-state index contributed by atoms with van der Waals surface area (Å²) in [5.74, 6) is 1.06. The smallest absolute Gasteiger partial charge is 0.230 e. The van der Waals surface area contributed by atoms with Crippen LogP contribution in [0.5, 0.6) is 0 Å². The van der Waals surface area contributed by atoms with Crippen molar-refractivity contribution in [3.63, 3.8) is 0 Å². The summed E-state index contributed by atoms with van der Waals surface area (Å²) in [4.78, 5) is 11.8. The van der Waals surface area contributed by atoms with Gasteiger partial charge in [-0.3, -0.25) is 4.79 Å². The van der Waals surface area contributed by atoms with Crippen molar-refractivity contribution in [2.24, 2.45) is 5.92 Å². The number of hydrogen-bond donors (Lipinski definition) is 1. The van der Waals surface area contributed by atoms with E-state index in [1.165, 1.54) is 30.2 Å². The van der Waals surface area contributed by atoms with Crippen molar-refractivity contribution < 1.29 is 4.79 Å². The van der Waals surface area contributed by atoms with Gasteiger partial charge in [-0.1, -0.05) is 29.5 Å². The molecule has 1 aliphatic carbocycles. The van der Waals surface area contributed by atoms with Gasteiger partial charge in [0.05, 0.1) is 11.4 Å². The number of carbonyl (C=O) groups excluding carboxylic acids is 1. The lowest BCUT2D eigenvalue weighted by Gasteiger charge is -2.08. The quantitative estimate of drug-likeness (QED) is 0.824. The minimum absolute atomic E-state index is 0.0343. The second-order valence-corrected chi connectivity index (χ2v) is 6.64. The minimum atomic E-state index is 0.0343. The van der Waals surface area contributed by atoms with E-state index in [4.69, 9.17) is 0 Å².